The third kappa shape index (κ3) is 3.70. The van der Waals surface area contributed by atoms with Crippen molar-refractivity contribution in [2.24, 2.45) is 0 Å². The maximum absolute atomic E-state index is 12.5. The van der Waals surface area contributed by atoms with Crippen molar-refractivity contribution in [2.45, 2.75) is 4.90 Å². The number of amides is 1. The molecule has 21 heavy (non-hydrogen) atoms. The lowest BCUT2D eigenvalue weighted by Crippen LogP contribution is -2.14. The van der Waals surface area contributed by atoms with E-state index >= 15 is 0 Å². The van der Waals surface area contributed by atoms with Gasteiger partial charge in [-0.25, -0.2) is 8.99 Å². The quantitative estimate of drug-likeness (QED) is 0.832. The molecular formula is C15H14N2O3S. The number of carbonyl (C=O) groups is 1. The van der Waals surface area contributed by atoms with Gasteiger partial charge in [-0.3, -0.25) is 4.79 Å². The maximum Gasteiger partial charge on any atom is 0.247 e. The molecule has 6 heteroatoms. The van der Waals surface area contributed by atoms with E-state index in [2.05, 4.69) is 11.9 Å². The summed E-state index contributed by atoms with van der Waals surface area (Å²) in [5.41, 5.74) is 0.262. The summed E-state index contributed by atoms with van der Waals surface area (Å²) in [5.74, 6) is -0.125. The summed E-state index contributed by atoms with van der Waals surface area (Å²) in [6.45, 7) is 3.35. The van der Waals surface area contributed by atoms with Crippen LogP contribution in [-0.4, -0.2) is 10.1 Å². The van der Waals surface area contributed by atoms with Crippen molar-refractivity contribution >= 4 is 21.6 Å². The summed E-state index contributed by atoms with van der Waals surface area (Å²) in [4.78, 5) is 11.5. The summed E-state index contributed by atoms with van der Waals surface area (Å²) in [6.07, 6.45) is 1.10. The fourth-order valence-corrected chi connectivity index (χ4v) is 2.78. The molecule has 0 fully saturated rings. The summed E-state index contributed by atoms with van der Waals surface area (Å²) in [5, 5.41) is 2.52. The number of nitrogens with one attached hydrogen (secondary N) is 2. The molecule has 1 amide bonds. The van der Waals surface area contributed by atoms with Gasteiger partial charge >= 0.3 is 0 Å². The summed E-state index contributed by atoms with van der Waals surface area (Å²) < 4.78 is 25.8. The first-order valence-corrected chi connectivity index (χ1v) is 7.57. The van der Waals surface area contributed by atoms with Crippen LogP contribution in [0.1, 0.15) is 0 Å². The van der Waals surface area contributed by atoms with Crippen LogP contribution in [0.2, 0.25) is 0 Å². The molecule has 5 nitrogen and oxygen atoms in total. The van der Waals surface area contributed by atoms with Crippen molar-refractivity contribution in [1.29, 1.82) is 4.78 Å². The Kier molecular flexibility index (Phi) is 4.39. The standard InChI is InChI=1S/C15H14N2O3S/c1-2-15(18)17-13-10-6-7-11-14(13)21(16,19)20-12-8-4-3-5-9-12/h2-11,16H,1H2,(H,17,18). The topological polar surface area (TPSA) is 79.3 Å². The predicted molar refractivity (Wildman–Crippen MR) is 81.5 cm³/mol. The molecule has 108 valence electrons. The summed E-state index contributed by atoms with van der Waals surface area (Å²) >= 11 is 0. The van der Waals surface area contributed by atoms with E-state index in [0.29, 0.717) is 5.75 Å². The molecule has 2 rings (SSSR count). The largest absolute Gasteiger partial charge is 0.393 e. The Hall–Kier alpha value is -2.60. The smallest absolute Gasteiger partial charge is 0.247 e. The minimum Gasteiger partial charge on any atom is -0.393 e. The van der Waals surface area contributed by atoms with E-state index in [0.717, 1.165) is 6.08 Å². The zero-order chi connectivity index (χ0) is 15.3. The minimum atomic E-state index is -3.55. The van der Waals surface area contributed by atoms with E-state index in [9.17, 15) is 9.00 Å². The van der Waals surface area contributed by atoms with Crippen molar-refractivity contribution in [2.75, 3.05) is 5.32 Å². The van der Waals surface area contributed by atoms with Crippen LogP contribution in [0.15, 0.2) is 72.1 Å². The number of carbonyl (C=O) groups excluding carboxylic acids is 1. The van der Waals surface area contributed by atoms with Crippen LogP contribution in [0.3, 0.4) is 0 Å². The van der Waals surface area contributed by atoms with E-state index in [-0.39, 0.29) is 10.6 Å². The van der Waals surface area contributed by atoms with Gasteiger partial charge in [0.1, 0.15) is 10.6 Å². The van der Waals surface area contributed by atoms with Crippen LogP contribution in [0.25, 0.3) is 0 Å². The molecule has 1 atom stereocenters. The first kappa shape index (κ1) is 14.8. The van der Waals surface area contributed by atoms with Gasteiger partial charge in [0.2, 0.25) is 15.9 Å². The fourth-order valence-electron chi connectivity index (χ4n) is 1.64. The van der Waals surface area contributed by atoms with Crippen molar-refractivity contribution in [3.05, 3.63) is 67.3 Å². The molecule has 2 N–H and O–H groups in total. The Labute approximate surface area is 123 Å². The summed E-state index contributed by atoms with van der Waals surface area (Å²) in [6, 6.07) is 14.8. The SMILES string of the molecule is C=CC(=O)Nc1ccccc1S(=N)(=O)Oc1ccccc1. The second-order valence-corrected chi connectivity index (χ2v) is 5.70. The highest BCUT2D eigenvalue weighted by Gasteiger charge is 2.17. The second-order valence-electron chi connectivity index (χ2n) is 4.09. The highest BCUT2D eigenvalue weighted by Crippen LogP contribution is 2.25. The molecule has 2 aromatic rings. The fraction of sp³-hybridized carbons (Fsp3) is 0. The van der Waals surface area contributed by atoms with Crippen LogP contribution in [0.5, 0.6) is 5.75 Å². The van der Waals surface area contributed by atoms with Crippen LogP contribution in [0, 0.1) is 4.78 Å². The number of para-hydroxylation sites is 2. The number of anilines is 1. The van der Waals surface area contributed by atoms with Gasteiger partial charge in [0.05, 0.1) is 5.69 Å². The number of benzene rings is 2. The van der Waals surface area contributed by atoms with E-state index in [4.69, 9.17) is 8.96 Å². The van der Waals surface area contributed by atoms with Crippen LogP contribution in [0.4, 0.5) is 5.69 Å². The highest BCUT2D eigenvalue weighted by atomic mass is 32.2. The van der Waals surface area contributed by atoms with Crippen molar-refractivity contribution in [1.82, 2.24) is 0 Å². The molecule has 0 aliphatic carbocycles. The number of rotatable bonds is 5. The molecule has 0 heterocycles. The Morgan fingerprint density at radius 3 is 2.43 bits per heavy atom. The normalized spacial score (nSPS) is 13.0. The summed E-state index contributed by atoms with van der Waals surface area (Å²) in [7, 11) is -3.55. The van der Waals surface area contributed by atoms with Gasteiger partial charge in [0.25, 0.3) is 0 Å². The molecule has 1 unspecified atom stereocenters. The molecular weight excluding hydrogens is 288 g/mol. The van der Waals surface area contributed by atoms with E-state index in [1.807, 2.05) is 0 Å². The lowest BCUT2D eigenvalue weighted by atomic mass is 10.3. The van der Waals surface area contributed by atoms with Crippen molar-refractivity contribution < 1.29 is 13.2 Å². The predicted octanol–water partition coefficient (Wildman–Crippen LogP) is 3.21. The van der Waals surface area contributed by atoms with E-state index < -0.39 is 15.9 Å². The van der Waals surface area contributed by atoms with Crippen molar-refractivity contribution in [3.8, 4) is 5.75 Å². The first-order chi connectivity index (χ1) is 10.0. The van der Waals surface area contributed by atoms with Gasteiger partial charge in [0, 0.05) is 0 Å². The van der Waals surface area contributed by atoms with Crippen LogP contribution >= 0.6 is 0 Å². The average Bonchev–Trinajstić information content (AvgIpc) is 2.48. The lowest BCUT2D eigenvalue weighted by Gasteiger charge is -2.13. The van der Waals surface area contributed by atoms with Gasteiger partial charge in [-0.1, -0.05) is 36.9 Å². The monoisotopic (exact) mass is 302 g/mol. The number of hydrogen-bond donors (Lipinski definition) is 2. The minimum absolute atomic E-state index is 0.101. The van der Waals surface area contributed by atoms with Gasteiger partial charge in [-0.15, -0.1) is 0 Å². The Bertz CT molecular complexity index is 755. The average molecular weight is 302 g/mol. The molecule has 0 saturated heterocycles. The van der Waals surface area contributed by atoms with Gasteiger partial charge < -0.3 is 9.50 Å². The second kappa shape index (κ2) is 6.23. The van der Waals surface area contributed by atoms with E-state index in [1.165, 1.54) is 6.07 Å². The van der Waals surface area contributed by atoms with Gasteiger partial charge in [-0.2, -0.15) is 0 Å². The zero-order valence-electron chi connectivity index (χ0n) is 11.1. The molecule has 0 saturated carbocycles. The molecule has 0 bridgehead atoms. The van der Waals surface area contributed by atoms with E-state index in [1.54, 1.807) is 48.5 Å². The molecule has 0 aliphatic heterocycles. The number of hydrogen-bond acceptors (Lipinski definition) is 4. The molecule has 0 aliphatic rings. The van der Waals surface area contributed by atoms with Crippen molar-refractivity contribution in [3.63, 3.8) is 0 Å². The van der Waals surface area contributed by atoms with Crippen LogP contribution < -0.4 is 9.50 Å². The molecule has 0 spiro atoms. The Morgan fingerprint density at radius 1 is 1.14 bits per heavy atom. The molecule has 2 aromatic carbocycles. The third-order valence-electron chi connectivity index (χ3n) is 2.58. The Morgan fingerprint density at radius 2 is 1.76 bits per heavy atom. The Balaban J connectivity index is 2.36. The first-order valence-electron chi connectivity index (χ1n) is 6.08. The maximum atomic E-state index is 12.5. The van der Waals surface area contributed by atoms with Gasteiger partial charge in [0.15, 0.2) is 0 Å². The highest BCUT2D eigenvalue weighted by molar-refractivity contribution is 7.88. The zero-order valence-corrected chi connectivity index (χ0v) is 11.9. The molecule has 0 radical (unpaired) electrons. The lowest BCUT2D eigenvalue weighted by molar-refractivity contribution is -0.111. The third-order valence-corrected chi connectivity index (χ3v) is 3.94. The van der Waals surface area contributed by atoms with Crippen LogP contribution in [-0.2, 0) is 14.8 Å². The molecule has 0 aromatic heterocycles. The van der Waals surface area contributed by atoms with Gasteiger partial charge in [-0.05, 0) is 30.3 Å².